The Kier molecular flexibility index (Phi) is 4.93. The molecule has 1 aromatic carbocycles. The molecule has 110 valence electrons. The van der Waals surface area contributed by atoms with Crippen molar-refractivity contribution < 1.29 is 4.79 Å². The number of dihydropyridines is 1. The summed E-state index contributed by atoms with van der Waals surface area (Å²) in [6, 6.07) is 7.59. The van der Waals surface area contributed by atoms with Gasteiger partial charge in [0.05, 0.1) is 0 Å². The van der Waals surface area contributed by atoms with Gasteiger partial charge in [0.25, 0.3) is 5.91 Å². The third-order valence-corrected chi connectivity index (χ3v) is 3.16. The van der Waals surface area contributed by atoms with Crippen LogP contribution in [0.3, 0.4) is 0 Å². The molecule has 1 aliphatic heterocycles. The number of amides is 1. The van der Waals surface area contributed by atoms with Crippen molar-refractivity contribution in [3.63, 3.8) is 0 Å². The first kappa shape index (κ1) is 15.0. The number of nitrogens with one attached hydrogen (secondary N) is 1. The second-order valence-electron chi connectivity index (χ2n) is 5.50. The van der Waals surface area contributed by atoms with Crippen molar-refractivity contribution in [3.05, 3.63) is 59.3 Å². The van der Waals surface area contributed by atoms with Gasteiger partial charge in [-0.1, -0.05) is 32.1 Å². The molecule has 0 bridgehead atoms. The number of nitrogens with two attached hydrogens (primary N) is 1. The zero-order chi connectivity index (χ0) is 15.2. The van der Waals surface area contributed by atoms with Crippen LogP contribution in [0.4, 0.5) is 0 Å². The predicted molar refractivity (Wildman–Crippen MR) is 86.2 cm³/mol. The van der Waals surface area contributed by atoms with Gasteiger partial charge in [0.1, 0.15) is 5.84 Å². The number of amidine groups is 1. The lowest BCUT2D eigenvalue weighted by Gasteiger charge is -2.08. The maximum atomic E-state index is 12.2. The van der Waals surface area contributed by atoms with Gasteiger partial charge in [-0.05, 0) is 42.3 Å². The van der Waals surface area contributed by atoms with Gasteiger partial charge >= 0.3 is 0 Å². The zero-order valence-corrected chi connectivity index (χ0v) is 12.5. The summed E-state index contributed by atoms with van der Waals surface area (Å²) in [6.07, 6.45) is 6.46. The van der Waals surface area contributed by atoms with Crippen LogP contribution in [0.25, 0.3) is 0 Å². The van der Waals surface area contributed by atoms with Gasteiger partial charge in [-0.3, -0.25) is 4.79 Å². The van der Waals surface area contributed by atoms with Crippen LogP contribution >= 0.6 is 0 Å². The lowest BCUT2D eigenvalue weighted by molar-refractivity contribution is 0.100. The van der Waals surface area contributed by atoms with Crippen LogP contribution < -0.4 is 11.1 Å². The van der Waals surface area contributed by atoms with Crippen LogP contribution in [0.1, 0.15) is 29.8 Å². The molecule has 0 aliphatic carbocycles. The van der Waals surface area contributed by atoms with Crippen molar-refractivity contribution in [3.8, 4) is 0 Å². The molecule has 0 aromatic heterocycles. The fourth-order valence-electron chi connectivity index (χ4n) is 2.18. The van der Waals surface area contributed by atoms with E-state index in [-0.39, 0.29) is 11.7 Å². The highest BCUT2D eigenvalue weighted by Gasteiger charge is 2.09. The minimum atomic E-state index is -0.300. The number of carbonyl (C=O) groups is 1. The van der Waals surface area contributed by atoms with Gasteiger partial charge in [-0.25, -0.2) is 0 Å². The number of benzene rings is 1. The summed E-state index contributed by atoms with van der Waals surface area (Å²) in [6.45, 7) is 5.00. The SMILES string of the molecule is CC(C)Cc1cccc(C(=O)N=C(N)C2=CCNC=C2)c1. The lowest BCUT2D eigenvalue weighted by Crippen LogP contribution is -2.20. The van der Waals surface area contributed by atoms with E-state index in [1.54, 1.807) is 12.3 Å². The minimum Gasteiger partial charge on any atom is -0.387 e. The zero-order valence-electron chi connectivity index (χ0n) is 12.5. The standard InChI is InChI=1S/C17H21N3O/c1-12(2)10-13-4-3-5-15(11-13)17(21)20-16(18)14-6-8-19-9-7-14/h3-8,11-12,19H,9-10H2,1-2H3,(H2,18,20,21). The Balaban J connectivity index is 2.16. The Morgan fingerprint density at radius 1 is 1.43 bits per heavy atom. The smallest absolute Gasteiger partial charge is 0.278 e. The quantitative estimate of drug-likeness (QED) is 0.658. The average molecular weight is 283 g/mol. The molecule has 4 nitrogen and oxygen atoms in total. The van der Waals surface area contributed by atoms with Crippen LogP contribution in [0.5, 0.6) is 0 Å². The number of nitrogens with zero attached hydrogens (tertiary/aromatic N) is 1. The van der Waals surface area contributed by atoms with E-state index in [1.165, 1.54) is 0 Å². The molecule has 2 rings (SSSR count). The molecule has 0 saturated heterocycles. The van der Waals surface area contributed by atoms with Gasteiger partial charge in [0.15, 0.2) is 0 Å². The lowest BCUT2D eigenvalue weighted by atomic mass is 10.0. The third kappa shape index (κ3) is 4.31. The van der Waals surface area contributed by atoms with E-state index in [4.69, 9.17) is 5.73 Å². The fraction of sp³-hybridized carbons (Fsp3) is 0.294. The molecule has 0 atom stereocenters. The van der Waals surface area contributed by atoms with Crippen molar-refractivity contribution in [1.82, 2.24) is 5.32 Å². The first-order valence-electron chi connectivity index (χ1n) is 7.14. The van der Waals surface area contributed by atoms with E-state index < -0.39 is 0 Å². The van der Waals surface area contributed by atoms with Gasteiger partial charge in [0, 0.05) is 17.7 Å². The second kappa shape index (κ2) is 6.88. The normalized spacial score (nSPS) is 14.8. The summed E-state index contributed by atoms with van der Waals surface area (Å²) in [5, 5.41) is 3.03. The van der Waals surface area contributed by atoms with Crippen molar-refractivity contribution in [2.45, 2.75) is 20.3 Å². The Bertz CT molecular complexity index is 612. The van der Waals surface area contributed by atoms with E-state index in [0.717, 1.165) is 17.6 Å². The summed E-state index contributed by atoms with van der Waals surface area (Å²) in [5.41, 5.74) is 8.39. The molecule has 0 unspecified atom stereocenters. The first-order valence-corrected chi connectivity index (χ1v) is 7.14. The highest BCUT2D eigenvalue weighted by atomic mass is 16.1. The predicted octanol–water partition coefficient (Wildman–Crippen LogP) is 2.43. The Morgan fingerprint density at radius 3 is 2.90 bits per heavy atom. The van der Waals surface area contributed by atoms with Crippen LogP contribution in [0.2, 0.25) is 0 Å². The van der Waals surface area contributed by atoms with Crippen LogP contribution in [0, 0.1) is 5.92 Å². The van der Waals surface area contributed by atoms with Crippen LogP contribution in [0.15, 0.2) is 53.2 Å². The molecular weight excluding hydrogens is 262 g/mol. The molecule has 3 N–H and O–H groups in total. The van der Waals surface area contributed by atoms with E-state index in [9.17, 15) is 4.79 Å². The molecule has 0 fully saturated rings. The highest BCUT2D eigenvalue weighted by molar-refractivity contribution is 6.09. The maximum Gasteiger partial charge on any atom is 0.278 e. The Morgan fingerprint density at radius 2 is 2.24 bits per heavy atom. The summed E-state index contributed by atoms with van der Waals surface area (Å²) >= 11 is 0. The van der Waals surface area contributed by atoms with Gasteiger partial charge in [-0.2, -0.15) is 4.99 Å². The van der Waals surface area contributed by atoms with Crippen LogP contribution in [-0.4, -0.2) is 18.3 Å². The fourth-order valence-corrected chi connectivity index (χ4v) is 2.18. The number of rotatable bonds is 4. The molecule has 0 saturated carbocycles. The van der Waals surface area contributed by atoms with E-state index in [1.807, 2.05) is 30.4 Å². The van der Waals surface area contributed by atoms with Gasteiger partial charge in [0.2, 0.25) is 0 Å². The number of hydrogen-bond acceptors (Lipinski definition) is 2. The van der Waals surface area contributed by atoms with Crippen molar-refractivity contribution in [1.29, 1.82) is 0 Å². The van der Waals surface area contributed by atoms with E-state index in [2.05, 4.69) is 24.2 Å². The second-order valence-corrected chi connectivity index (χ2v) is 5.50. The molecule has 1 aromatic rings. The number of carbonyl (C=O) groups excluding carboxylic acids is 1. The summed E-state index contributed by atoms with van der Waals surface area (Å²) in [7, 11) is 0. The number of aliphatic imine (C=N–C) groups is 1. The Labute approximate surface area is 125 Å². The molecule has 1 amide bonds. The van der Waals surface area contributed by atoms with Gasteiger partial charge in [-0.15, -0.1) is 0 Å². The van der Waals surface area contributed by atoms with Crippen LogP contribution in [-0.2, 0) is 6.42 Å². The molecule has 1 heterocycles. The summed E-state index contributed by atoms with van der Waals surface area (Å²) in [5.74, 6) is 0.506. The maximum absolute atomic E-state index is 12.2. The number of hydrogen-bond donors (Lipinski definition) is 2. The monoisotopic (exact) mass is 283 g/mol. The molecular formula is C17H21N3O. The molecule has 0 radical (unpaired) electrons. The third-order valence-electron chi connectivity index (χ3n) is 3.16. The molecule has 4 heteroatoms. The largest absolute Gasteiger partial charge is 0.387 e. The van der Waals surface area contributed by atoms with Crippen molar-refractivity contribution in [2.24, 2.45) is 16.6 Å². The summed E-state index contributed by atoms with van der Waals surface area (Å²) in [4.78, 5) is 16.2. The van der Waals surface area contributed by atoms with Crippen molar-refractivity contribution >= 4 is 11.7 Å². The van der Waals surface area contributed by atoms with Gasteiger partial charge < -0.3 is 11.1 Å². The minimum absolute atomic E-state index is 0.256. The topological polar surface area (TPSA) is 67.5 Å². The highest BCUT2D eigenvalue weighted by Crippen LogP contribution is 2.12. The van der Waals surface area contributed by atoms with Crippen molar-refractivity contribution in [2.75, 3.05) is 6.54 Å². The molecule has 0 spiro atoms. The first-order chi connectivity index (χ1) is 10.1. The average Bonchev–Trinajstić information content (AvgIpc) is 2.47. The summed E-state index contributed by atoms with van der Waals surface area (Å²) < 4.78 is 0. The molecule has 1 aliphatic rings. The Hall–Kier alpha value is -2.36. The van der Waals surface area contributed by atoms with E-state index in [0.29, 0.717) is 18.0 Å². The van der Waals surface area contributed by atoms with E-state index >= 15 is 0 Å². The molecule has 21 heavy (non-hydrogen) atoms.